The van der Waals surface area contributed by atoms with Gasteiger partial charge in [-0.2, -0.15) is 4.98 Å². The maximum Gasteiger partial charge on any atom is 0.400 e. The van der Waals surface area contributed by atoms with Gasteiger partial charge < -0.3 is 35.6 Å². The molecule has 166 valence electrons. The lowest BCUT2D eigenvalue weighted by molar-refractivity contribution is -0.0986. The zero-order valence-corrected chi connectivity index (χ0v) is 17.0. The minimum atomic E-state index is -4.08. The molecular weight excluding hydrogens is 419 g/mol. The van der Waals surface area contributed by atoms with Crippen molar-refractivity contribution in [3.05, 3.63) is 58.6 Å². The number of nitrogens with zero attached hydrogens (tertiary/aromatic N) is 2. The molecule has 1 fully saturated rings. The predicted octanol–water partition coefficient (Wildman–Crippen LogP) is -1.30. The summed E-state index contributed by atoms with van der Waals surface area (Å²) in [5, 5.41) is 31.1. The highest BCUT2D eigenvalue weighted by Gasteiger charge is 2.53. The molecule has 8 N–H and O–H groups in total. The van der Waals surface area contributed by atoms with Crippen LogP contribution >= 0.6 is 7.75 Å². The Balaban J connectivity index is 0.000000232. The van der Waals surface area contributed by atoms with E-state index in [1.807, 2.05) is 18.2 Å². The van der Waals surface area contributed by atoms with Crippen molar-refractivity contribution in [1.82, 2.24) is 14.6 Å². The van der Waals surface area contributed by atoms with Crippen molar-refractivity contribution in [1.29, 1.82) is 0 Å². The van der Waals surface area contributed by atoms with Crippen molar-refractivity contribution in [3.63, 3.8) is 0 Å². The number of hydrogen-bond acceptors (Lipinski definition) is 8. The van der Waals surface area contributed by atoms with Gasteiger partial charge in [0.2, 0.25) is 0 Å². The minimum Gasteiger partial charge on any atom is -0.394 e. The molecule has 4 atom stereocenters. The van der Waals surface area contributed by atoms with Gasteiger partial charge in [-0.15, -0.1) is 0 Å². The van der Waals surface area contributed by atoms with E-state index in [-0.39, 0.29) is 12.4 Å². The second kappa shape index (κ2) is 9.77. The summed E-state index contributed by atoms with van der Waals surface area (Å²) < 4.78 is 16.7. The van der Waals surface area contributed by atoms with Crippen molar-refractivity contribution < 1.29 is 34.4 Å². The first-order valence-electron chi connectivity index (χ1n) is 8.81. The molecule has 2 aromatic rings. The average molecular weight is 444 g/mol. The van der Waals surface area contributed by atoms with Crippen molar-refractivity contribution in [2.75, 3.05) is 12.3 Å². The van der Waals surface area contributed by atoms with Crippen LogP contribution in [0.2, 0.25) is 0 Å². The van der Waals surface area contributed by atoms with Gasteiger partial charge in [0, 0.05) is 12.7 Å². The monoisotopic (exact) mass is 444 g/mol. The second-order valence-corrected chi connectivity index (χ2v) is 8.19. The summed E-state index contributed by atoms with van der Waals surface area (Å²) in [4.78, 5) is 32.1. The SMILES string of the molecule is C[C@@]1(O)[C@H](O)[C@@H](CO)O[C@H]1n1ccc(N)nc1=O.O=P(O)(O)NCc1ccccc1. The molecule has 0 saturated carbocycles. The molecule has 0 unspecified atom stereocenters. The first-order chi connectivity index (χ1) is 14.0. The van der Waals surface area contributed by atoms with Gasteiger partial charge in [-0.1, -0.05) is 30.3 Å². The van der Waals surface area contributed by atoms with Crippen LogP contribution in [0.3, 0.4) is 0 Å². The zero-order valence-electron chi connectivity index (χ0n) is 16.1. The Kier molecular flexibility index (Phi) is 7.86. The van der Waals surface area contributed by atoms with E-state index in [9.17, 15) is 19.6 Å². The van der Waals surface area contributed by atoms with Gasteiger partial charge in [0.15, 0.2) is 6.23 Å². The maximum absolute atomic E-state index is 11.7. The number of nitrogens with one attached hydrogen (secondary N) is 1. The average Bonchev–Trinajstić information content (AvgIpc) is 2.90. The first-order valence-corrected chi connectivity index (χ1v) is 10.4. The standard InChI is InChI=1S/C10H15N3O5.C7H10NO3P/c1-10(17)7(15)5(4-14)18-8(10)13-3-2-6(11)12-9(13)16;9-12(10,11)8-6-7-4-2-1-3-5-7/h2-3,5,7-8,14-15,17H,4H2,1H3,(H2,11,12,16);1-5H,6H2,(H3,8,9,10,11)/t5-,7-,8-,10-;/m1./s1. The van der Waals surface area contributed by atoms with E-state index in [2.05, 4.69) is 10.1 Å². The van der Waals surface area contributed by atoms with Gasteiger partial charge in [-0.05, 0) is 18.6 Å². The molecule has 3 rings (SSSR count). The lowest BCUT2D eigenvalue weighted by atomic mass is 9.96. The molecule has 13 heteroatoms. The molecule has 1 aliphatic heterocycles. The van der Waals surface area contributed by atoms with Crippen LogP contribution in [0.15, 0.2) is 47.4 Å². The van der Waals surface area contributed by atoms with Crippen LogP contribution in [0.4, 0.5) is 5.82 Å². The Hall–Kier alpha value is -2.15. The largest absolute Gasteiger partial charge is 0.400 e. The topological polar surface area (TPSA) is 200 Å². The lowest BCUT2D eigenvalue weighted by Gasteiger charge is -2.27. The van der Waals surface area contributed by atoms with Gasteiger partial charge in [-0.25, -0.2) is 14.4 Å². The molecule has 0 bridgehead atoms. The van der Waals surface area contributed by atoms with E-state index in [0.717, 1.165) is 10.1 Å². The fourth-order valence-electron chi connectivity index (χ4n) is 2.78. The molecule has 0 amide bonds. The van der Waals surface area contributed by atoms with Crippen LogP contribution in [-0.2, 0) is 15.8 Å². The molecule has 1 aromatic carbocycles. The van der Waals surface area contributed by atoms with Crippen LogP contribution in [0, 0.1) is 0 Å². The third-order valence-electron chi connectivity index (χ3n) is 4.37. The number of ether oxygens (including phenoxy) is 1. The first kappa shape index (κ1) is 24.1. The molecule has 0 aliphatic carbocycles. The third kappa shape index (κ3) is 6.17. The number of nitrogens with two attached hydrogens (primary N) is 1. The molecule has 0 spiro atoms. The smallest absolute Gasteiger partial charge is 0.394 e. The summed E-state index contributed by atoms with van der Waals surface area (Å²) >= 11 is 0. The van der Waals surface area contributed by atoms with Crippen LogP contribution in [0.25, 0.3) is 0 Å². The highest BCUT2D eigenvalue weighted by molar-refractivity contribution is 7.49. The minimum absolute atomic E-state index is 0.0492. The highest BCUT2D eigenvalue weighted by atomic mass is 31.2. The number of hydrogen-bond donors (Lipinski definition) is 7. The molecular formula is C17H25N4O8P. The molecule has 30 heavy (non-hydrogen) atoms. The molecule has 1 aliphatic rings. The fourth-order valence-corrected chi connectivity index (χ4v) is 3.17. The van der Waals surface area contributed by atoms with Crippen molar-refractivity contribution in [2.24, 2.45) is 0 Å². The van der Waals surface area contributed by atoms with Gasteiger partial charge in [0.1, 0.15) is 23.6 Å². The van der Waals surface area contributed by atoms with E-state index in [1.165, 1.54) is 19.2 Å². The number of benzene rings is 1. The normalized spacial score (nSPS) is 26.1. The Bertz CT molecular complexity index is 933. The van der Waals surface area contributed by atoms with Gasteiger partial charge >= 0.3 is 13.4 Å². The predicted molar refractivity (Wildman–Crippen MR) is 106 cm³/mol. The Morgan fingerprint density at radius 1 is 1.30 bits per heavy atom. The Morgan fingerprint density at radius 3 is 2.43 bits per heavy atom. The summed E-state index contributed by atoms with van der Waals surface area (Å²) in [5.41, 5.74) is 3.79. The van der Waals surface area contributed by atoms with E-state index in [4.69, 9.17) is 25.4 Å². The Morgan fingerprint density at radius 2 is 1.93 bits per heavy atom. The van der Waals surface area contributed by atoms with E-state index in [0.29, 0.717) is 0 Å². The number of rotatable bonds is 5. The quantitative estimate of drug-likeness (QED) is 0.270. The van der Waals surface area contributed by atoms with Crippen molar-refractivity contribution in [3.8, 4) is 0 Å². The van der Waals surface area contributed by atoms with E-state index >= 15 is 0 Å². The molecule has 1 saturated heterocycles. The number of anilines is 1. The second-order valence-electron chi connectivity index (χ2n) is 6.79. The number of aliphatic hydroxyl groups is 3. The molecule has 1 aromatic heterocycles. The van der Waals surface area contributed by atoms with Crippen LogP contribution in [0.5, 0.6) is 0 Å². The summed E-state index contributed by atoms with van der Waals surface area (Å²) in [6, 6.07) is 10.4. The number of aromatic nitrogens is 2. The lowest BCUT2D eigenvalue weighted by Crippen LogP contribution is -2.46. The van der Waals surface area contributed by atoms with Crippen LogP contribution < -0.4 is 16.5 Å². The number of aliphatic hydroxyl groups excluding tert-OH is 2. The molecule has 0 radical (unpaired) electrons. The molecule has 2 heterocycles. The van der Waals surface area contributed by atoms with Gasteiger partial charge in [-0.3, -0.25) is 4.57 Å². The van der Waals surface area contributed by atoms with Crippen molar-refractivity contribution >= 4 is 13.6 Å². The highest BCUT2D eigenvalue weighted by Crippen LogP contribution is 2.37. The summed E-state index contributed by atoms with van der Waals surface area (Å²) in [5.74, 6) is 0.0492. The zero-order chi connectivity index (χ0) is 22.5. The van der Waals surface area contributed by atoms with Crippen molar-refractivity contribution in [2.45, 2.75) is 37.5 Å². The summed E-state index contributed by atoms with van der Waals surface area (Å²) in [6.07, 6.45) is -2.09. The molecule has 12 nitrogen and oxygen atoms in total. The summed E-state index contributed by atoms with van der Waals surface area (Å²) in [7, 11) is -4.08. The van der Waals surface area contributed by atoms with E-state index in [1.54, 1.807) is 12.1 Å². The summed E-state index contributed by atoms with van der Waals surface area (Å²) in [6.45, 7) is 1.04. The fraction of sp³-hybridized carbons (Fsp3) is 0.412. The Labute approximate surface area is 171 Å². The van der Waals surface area contributed by atoms with Crippen LogP contribution in [0.1, 0.15) is 18.7 Å². The number of nitrogen functional groups attached to an aromatic ring is 1. The van der Waals surface area contributed by atoms with Gasteiger partial charge in [0.05, 0.1) is 6.61 Å². The van der Waals surface area contributed by atoms with Crippen LogP contribution in [-0.4, -0.2) is 59.1 Å². The van der Waals surface area contributed by atoms with Gasteiger partial charge in [0.25, 0.3) is 0 Å². The third-order valence-corrected chi connectivity index (χ3v) is 4.94. The maximum atomic E-state index is 11.7. The van der Waals surface area contributed by atoms with E-state index < -0.39 is 44.1 Å².